The van der Waals surface area contributed by atoms with Crippen LogP contribution in [0, 0.1) is 6.92 Å². The fraction of sp³-hybridized carbons (Fsp3) is 0.462. The predicted octanol–water partition coefficient (Wildman–Crippen LogP) is 0.647. The van der Waals surface area contributed by atoms with Crippen LogP contribution in [0.1, 0.15) is 18.4 Å². The van der Waals surface area contributed by atoms with E-state index in [0.717, 1.165) is 5.56 Å². The zero-order valence-corrected chi connectivity index (χ0v) is 11.5. The Labute approximate surface area is 112 Å². The Bertz CT molecular complexity index is 609. The average molecular weight is 280 g/mol. The fourth-order valence-electron chi connectivity index (χ4n) is 2.84. The van der Waals surface area contributed by atoms with E-state index in [4.69, 9.17) is 0 Å². The number of aryl methyl sites for hydroxylation is 1. The summed E-state index contributed by atoms with van der Waals surface area (Å²) in [4.78, 5) is 11.7. The number of sulfonamides is 1. The van der Waals surface area contributed by atoms with E-state index in [1.54, 1.807) is 24.3 Å². The third-order valence-electron chi connectivity index (χ3n) is 3.86. The van der Waals surface area contributed by atoms with Gasteiger partial charge in [0.25, 0.3) is 0 Å². The zero-order valence-electron chi connectivity index (χ0n) is 10.7. The summed E-state index contributed by atoms with van der Waals surface area (Å²) in [5, 5.41) is 2.83. The first-order valence-electron chi connectivity index (χ1n) is 6.36. The van der Waals surface area contributed by atoms with Gasteiger partial charge in [0.05, 0.1) is 10.9 Å². The van der Waals surface area contributed by atoms with Crippen molar-refractivity contribution in [2.75, 3.05) is 6.54 Å². The van der Waals surface area contributed by atoms with E-state index in [2.05, 4.69) is 5.32 Å². The third-order valence-corrected chi connectivity index (χ3v) is 5.80. The molecule has 2 atom stereocenters. The molecule has 0 spiro atoms. The summed E-state index contributed by atoms with van der Waals surface area (Å²) in [5.41, 5.74) is 1.02. The second-order valence-corrected chi connectivity index (χ2v) is 7.05. The summed E-state index contributed by atoms with van der Waals surface area (Å²) in [5.74, 6) is -0.0567. The SMILES string of the molecule is Cc1ccc(S(=O)(=O)N2CC[C@@H]3NC(=O)C[C@@H]32)cc1. The van der Waals surface area contributed by atoms with Crippen molar-refractivity contribution in [2.24, 2.45) is 0 Å². The summed E-state index contributed by atoms with van der Waals surface area (Å²) in [6, 6.07) is 6.59. The Morgan fingerprint density at radius 2 is 1.95 bits per heavy atom. The molecule has 102 valence electrons. The largest absolute Gasteiger partial charge is 0.352 e. The zero-order chi connectivity index (χ0) is 13.6. The predicted molar refractivity (Wildman–Crippen MR) is 70.0 cm³/mol. The average Bonchev–Trinajstić information content (AvgIpc) is 2.88. The molecule has 2 aliphatic heterocycles. The smallest absolute Gasteiger partial charge is 0.243 e. The molecule has 6 heteroatoms. The maximum atomic E-state index is 12.6. The van der Waals surface area contributed by atoms with Crippen LogP contribution in [0.2, 0.25) is 0 Å². The molecule has 0 unspecified atom stereocenters. The molecule has 0 aromatic heterocycles. The van der Waals surface area contributed by atoms with Gasteiger partial charge in [0.15, 0.2) is 0 Å². The lowest BCUT2D eigenvalue weighted by Crippen LogP contribution is -2.38. The van der Waals surface area contributed by atoms with Gasteiger partial charge < -0.3 is 5.32 Å². The molecule has 0 radical (unpaired) electrons. The van der Waals surface area contributed by atoms with Gasteiger partial charge in [0, 0.05) is 19.0 Å². The Kier molecular flexibility index (Phi) is 2.87. The van der Waals surface area contributed by atoms with Crippen molar-refractivity contribution < 1.29 is 13.2 Å². The van der Waals surface area contributed by atoms with Crippen molar-refractivity contribution >= 4 is 15.9 Å². The van der Waals surface area contributed by atoms with Crippen LogP contribution < -0.4 is 5.32 Å². The minimum atomic E-state index is -3.49. The summed E-state index contributed by atoms with van der Waals surface area (Å²) in [6.45, 7) is 2.40. The fourth-order valence-corrected chi connectivity index (χ4v) is 4.51. The van der Waals surface area contributed by atoms with Crippen LogP contribution in [0.3, 0.4) is 0 Å². The number of carbonyl (C=O) groups is 1. The second kappa shape index (κ2) is 4.31. The molecular formula is C13H16N2O3S. The maximum Gasteiger partial charge on any atom is 0.243 e. The molecule has 1 aromatic carbocycles. The Balaban J connectivity index is 1.93. The number of nitrogens with one attached hydrogen (secondary N) is 1. The lowest BCUT2D eigenvalue weighted by molar-refractivity contribution is -0.119. The molecule has 19 heavy (non-hydrogen) atoms. The number of carbonyl (C=O) groups excluding carboxylic acids is 1. The molecule has 2 saturated heterocycles. The molecular weight excluding hydrogens is 264 g/mol. The number of hydrogen-bond acceptors (Lipinski definition) is 3. The summed E-state index contributed by atoms with van der Waals surface area (Å²) >= 11 is 0. The molecule has 0 bridgehead atoms. The summed E-state index contributed by atoms with van der Waals surface area (Å²) < 4.78 is 26.6. The Morgan fingerprint density at radius 1 is 1.26 bits per heavy atom. The van der Waals surface area contributed by atoms with Crippen LogP contribution in [0.4, 0.5) is 0 Å². The lowest BCUT2D eigenvalue weighted by Gasteiger charge is -2.22. The quantitative estimate of drug-likeness (QED) is 0.865. The molecule has 3 rings (SSSR count). The Morgan fingerprint density at radius 3 is 2.63 bits per heavy atom. The minimum absolute atomic E-state index is 0.0206. The highest BCUT2D eigenvalue weighted by molar-refractivity contribution is 7.89. The van der Waals surface area contributed by atoms with Gasteiger partial charge in [-0.25, -0.2) is 8.42 Å². The van der Waals surface area contributed by atoms with E-state index in [0.29, 0.717) is 17.9 Å². The third kappa shape index (κ3) is 2.04. The van der Waals surface area contributed by atoms with Crippen LogP contribution in [-0.4, -0.2) is 37.3 Å². The maximum absolute atomic E-state index is 12.6. The molecule has 2 aliphatic rings. The number of benzene rings is 1. The number of hydrogen-bond donors (Lipinski definition) is 1. The monoisotopic (exact) mass is 280 g/mol. The molecule has 0 saturated carbocycles. The van der Waals surface area contributed by atoms with E-state index in [-0.39, 0.29) is 24.4 Å². The second-order valence-electron chi connectivity index (χ2n) is 5.16. The van der Waals surface area contributed by atoms with Crippen LogP contribution in [0.25, 0.3) is 0 Å². The van der Waals surface area contributed by atoms with E-state index in [1.165, 1.54) is 4.31 Å². The van der Waals surface area contributed by atoms with E-state index in [1.807, 2.05) is 6.92 Å². The lowest BCUT2D eigenvalue weighted by atomic mass is 10.1. The van der Waals surface area contributed by atoms with Gasteiger partial charge in [-0.15, -0.1) is 0 Å². The normalized spacial score (nSPS) is 27.3. The van der Waals surface area contributed by atoms with Crippen LogP contribution in [0.15, 0.2) is 29.2 Å². The van der Waals surface area contributed by atoms with Gasteiger partial charge >= 0.3 is 0 Å². The van der Waals surface area contributed by atoms with Crippen molar-refractivity contribution in [1.82, 2.24) is 9.62 Å². The standard InChI is InChI=1S/C13H16N2O3S/c1-9-2-4-10(5-3-9)19(17,18)15-7-6-11-12(15)8-13(16)14-11/h2-5,11-12H,6-8H2,1H3,(H,14,16)/t11-,12-/m0/s1. The Hall–Kier alpha value is -1.40. The van der Waals surface area contributed by atoms with Crippen molar-refractivity contribution in [2.45, 2.75) is 36.7 Å². The molecule has 1 aromatic rings. The van der Waals surface area contributed by atoms with E-state index >= 15 is 0 Å². The van der Waals surface area contributed by atoms with Crippen molar-refractivity contribution in [3.63, 3.8) is 0 Å². The summed E-state index contributed by atoms with van der Waals surface area (Å²) in [6.07, 6.45) is 0.970. The molecule has 5 nitrogen and oxygen atoms in total. The van der Waals surface area contributed by atoms with Gasteiger partial charge in [-0.2, -0.15) is 4.31 Å². The summed E-state index contributed by atoms with van der Waals surface area (Å²) in [7, 11) is -3.49. The van der Waals surface area contributed by atoms with Crippen molar-refractivity contribution in [1.29, 1.82) is 0 Å². The first-order chi connectivity index (χ1) is 8.98. The highest BCUT2D eigenvalue weighted by atomic mass is 32.2. The first-order valence-corrected chi connectivity index (χ1v) is 7.80. The topological polar surface area (TPSA) is 66.5 Å². The van der Waals surface area contributed by atoms with E-state index < -0.39 is 10.0 Å². The van der Waals surface area contributed by atoms with Crippen LogP contribution in [0.5, 0.6) is 0 Å². The number of fused-ring (bicyclic) bond motifs is 1. The van der Waals surface area contributed by atoms with Gasteiger partial charge in [-0.05, 0) is 25.5 Å². The highest BCUT2D eigenvalue weighted by Gasteiger charge is 2.46. The van der Waals surface area contributed by atoms with Gasteiger partial charge in [0.1, 0.15) is 0 Å². The van der Waals surface area contributed by atoms with Gasteiger partial charge in [-0.1, -0.05) is 17.7 Å². The molecule has 2 heterocycles. The van der Waals surface area contributed by atoms with Gasteiger partial charge in [0.2, 0.25) is 15.9 Å². The number of nitrogens with zero attached hydrogens (tertiary/aromatic N) is 1. The van der Waals surface area contributed by atoms with Crippen LogP contribution >= 0.6 is 0 Å². The van der Waals surface area contributed by atoms with Crippen LogP contribution in [-0.2, 0) is 14.8 Å². The minimum Gasteiger partial charge on any atom is -0.352 e. The van der Waals surface area contributed by atoms with E-state index in [9.17, 15) is 13.2 Å². The van der Waals surface area contributed by atoms with Gasteiger partial charge in [-0.3, -0.25) is 4.79 Å². The number of amides is 1. The van der Waals surface area contributed by atoms with Crippen molar-refractivity contribution in [3.8, 4) is 0 Å². The molecule has 1 N–H and O–H groups in total. The highest BCUT2D eigenvalue weighted by Crippen LogP contribution is 2.31. The van der Waals surface area contributed by atoms with Crippen molar-refractivity contribution in [3.05, 3.63) is 29.8 Å². The molecule has 2 fully saturated rings. The first kappa shape index (κ1) is 12.6. The molecule has 0 aliphatic carbocycles. The molecule has 1 amide bonds. The number of rotatable bonds is 2.